The molecule has 3 heterocycles. The van der Waals surface area contributed by atoms with Gasteiger partial charge in [0.2, 0.25) is 0 Å². The highest BCUT2D eigenvalue weighted by Gasteiger charge is 2.18. The Kier molecular flexibility index (Phi) is 5.87. The summed E-state index contributed by atoms with van der Waals surface area (Å²) >= 11 is 0. The van der Waals surface area contributed by atoms with Crippen molar-refractivity contribution in [1.82, 2.24) is 14.8 Å². The molecule has 0 unspecified atom stereocenters. The number of aromatic nitrogens is 3. The SMILES string of the molecule is Cc1ncc(NC(=O)c2cc(F)cc(N3CCOCC3)c2)cc1-c1cc(C(=O)O)n(C)n1. The quantitative estimate of drug-likeness (QED) is 0.629. The average molecular weight is 439 g/mol. The summed E-state index contributed by atoms with van der Waals surface area (Å²) in [7, 11) is 1.54. The number of carboxylic acids is 1. The Morgan fingerprint density at radius 2 is 1.91 bits per heavy atom. The van der Waals surface area contributed by atoms with E-state index in [0.717, 1.165) is 0 Å². The monoisotopic (exact) mass is 439 g/mol. The van der Waals surface area contributed by atoms with Gasteiger partial charge in [-0.15, -0.1) is 0 Å². The minimum atomic E-state index is -1.09. The zero-order valence-corrected chi connectivity index (χ0v) is 17.6. The summed E-state index contributed by atoms with van der Waals surface area (Å²) < 4.78 is 20.8. The summed E-state index contributed by atoms with van der Waals surface area (Å²) in [5, 5.41) is 16.2. The van der Waals surface area contributed by atoms with Crippen LogP contribution in [-0.4, -0.2) is 58.1 Å². The van der Waals surface area contributed by atoms with Gasteiger partial charge in [-0.1, -0.05) is 0 Å². The molecular formula is C22H22FN5O4. The van der Waals surface area contributed by atoms with Crippen LogP contribution in [0, 0.1) is 12.7 Å². The number of pyridine rings is 1. The molecule has 1 fully saturated rings. The van der Waals surface area contributed by atoms with E-state index in [9.17, 15) is 19.1 Å². The number of halogens is 1. The number of carbonyl (C=O) groups is 2. The van der Waals surface area contributed by atoms with Crippen molar-refractivity contribution in [2.75, 3.05) is 36.5 Å². The Bertz CT molecular complexity index is 1190. The largest absolute Gasteiger partial charge is 0.477 e. The molecule has 0 saturated carbocycles. The van der Waals surface area contributed by atoms with E-state index in [-0.39, 0.29) is 11.3 Å². The van der Waals surface area contributed by atoms with Gasteiger partial charge in [-0.05, 0) is 37.3 Å². The maximum Gasteiger partial charge on any atom is 0.354 e. The molecule has 10 heteroatoms. The number of carboxylic acid groups (broad SMARTS) is 1. The van der Waals surface area contributed by atoms with Crippen molar-refractivity contribution in [3.05, 3.63) is 59.3 Å². The Morgan fingerprint density at radius 3 is 2.59 bits per heavy atom. The lowest BCUT2D eigenvalue weighted by atomic mass is 10.1. The number of rotatable bonds is 5. The van der Waals surface area contributed by atoms with Crippen LogP contribution >= 0.6 is 0 Å². The van der Waals surface area contributed by atoms with Crippen LogP contribution in [0.4, 0.5) is 15.8 Å². The minimum absolute atomic E-state index is 0.0317. The zero-order valence-electron chi connectivity index (χ0n) is 17.6. The van der Waals surface area contributed by atoms with Crippen molar-refractivity contribution >= 4 is 23.3 Å². The van der Waals surface area contributed by atoms with Crippen molar-refractivity contribution in [1.29, 1.82) is 0 Å². The van der Waals surface area contributed by atoms with E-state index in [1.54, 1.807) is 19.1 Å². The summed E-state index contributed by atoms with van der Waals surface area (Å²) in [5.41, 5.74) is 2.85. The van der Waals surface area contributed by atoms with Crippen LogP contribution in [0.25, 0.3) is 11.3 Å². The van der Waals surface area contributed by atoms with Crippen LogP contribution in [0.1, 0.15) is 26.5 Å². The number of hydrogen-bond donors (Lipinski definition) is 2. The molecule has 32 heavy (non-hydrogen) atoms. The fourth-order valence-corrected chi connectivity index (χ4v) is 3.57. The third kappa shape index (κ3) is 4.45. The first-order valence-corrected chi connectivity index (χ1v) is 10.0. The summed E-state index contributed by atoms with van der Waals surface area (Å²) in [4.78, 5) is 30.4. The Hall–Kier alpha value is -3.79. The number of benzene rings is 1. The van der Waals surface area contributed by atoms with E-state index < -0.39 is 17.7 Å². The molecule has 4 rings (SSSR count). The second-order valence-corrected chi connectivity index (χ2v) is 7.45. The number of ether oxygens (including phenoxy) is 1. The van der Waals surface area contributed by atoms with Gasteiger partial charge in [-0.25, -0.2) is 9.18 Å². The number of nitrogens with zero attached hydrogens (tertiary/aromatic N) is 4. The molecule has 0 bridgehead atoms. The molecular weight excluding hydrogens is 417 g/mol. The smallest absolute Gasteiger partial charge is 0.354 e. The second-order valence-electron chi connectivity index (χ2n) is 7.45. The summed E-state index contributed by atoms with van der Waals surface area (Å²) in [5.74, 6) is -2.08. The molecule has 9 nitrogen and oxygen atoms in total. The molecule has 166 valence electrons. The van der Waals surface area contributed by atoms with E-state index in [1.165, 1.54) is 36.1 Å². The number of morpholine rings is 1. The van der Waals surface area contributed by atoms with E-state index in [2.05, 4.69) is 15.4 Å². The van der Waals surface area contributed by atoms with Gasteiger partial charge < -0.3 is 20.1 Å². The zero-order chi connectivity index (χ0) is 22.8. The maximum absolute atomic E-state index is 14.2. The van der Waals surface area contributed by atoms with Gasteiger partial charge in [0.1, 0.15) is 11.5 Å². The molecule has 1 aliphatic rings. The molecule has 2 N–H and O–H groups in total. The molecule has 1 aromatic carbocycles. The standard InChI is InChI=1S/C22H22FN5O4/c1-13-18(19-11-20(22(30)31)27(2)26-19)10-16(12-24-13)25-21(29)14-7-15(23)9-17(8-14)28-3-5-32-6-4-28/h7-12H,3-6H2,1-2H3,(H,25,29)(H,30,31). The number of anilines is 2. The van der Waals surface area contributed by atoms with E-state index in [0.29, 0.717) is 54.6 Å². The molecule has 0 spiro atoms. The highest BCUT2D eigenvalue weighted by Crippen LogP contribution is 2.26. The maximum atomic E-state index is 14.2. The first kappa shape index (κ1) is 21.4. The first-order chi connectivity index (χ1) is 15.3. The number of aryl methyl sites for hydroxylation is 2. The fourth-order valence-electron chi connectivity index (χ4n) is 3.57. The molecule has 1 saturated heterocycles. The normalized spacial score (nSPS) is 13.8. The van der Waals surface area contributed by atoms with Gasteiger partial charge in [-0.2, -0.15) is 5.10 Å². The van der Waals surface area contributed by atoms with Gasteiger partial charge in [0, 0.05) is 42.6 Å². The Labute approximate surface area is 183 Å². The molecule has 0 atom stereocenters. The molecule has 3 aromatic rings. The van der Waals surface area contributed by atoms with Crippen molar-refractivity contribution in [3.8, 4) is 11.3 Å². The lowest BCUT2D eigenvalue weighted by molar-refractivity contribution is 0.0684. The lowest BCUT2D eigenvalue weighted by Gasteiger charge is -2.29. The first-order valence-electron chi connectivity index (χ1n) is 10.0. The average Bonchev–Trinajstić information content (AvgIpc) is 3.17. The third-order valence-electron chi connectivity index (χ3n) is 5.24. The van der Waals surface area contributed by atoms with Gasteiger partial charge >= 0.3 is 5.97 Å². The van der Waals surface area contributed by atoms with Crippen molar-refractivity contribution < 1.29 is 23.8 Å². The highest BCUT2D eigenvalue weighted by molar-refractivity contribution is 6.05. The molecule has 0 aliphatic carbocycles. The van der Waals surface area contributed by atoms with Gasteiger partial charge in [0.25, 0.3) is 5.91 Å². The van der Waals surface area contributed by atoms with E-state index in [4.69, 9.17) is 4.74 Å². The third-order valence-corrected chi connectivity index (χ3v) is 5.24. The van der Waals surface area contributed by atoms with E-state index in [1.807, 2.05) is 4.90 Å². The Balaban J connectivity index is 1.59. The van der Waals surface area contributed by atoms with E-state index >= 15 is 0 Å². The summed E-state index contributed by atoms with van der Waals surface area (Å²) in [6.45, 7) is 4.10. The van der Waals surface area contributed by atoms with Gasteiger partial charge in [0.05, 0.1) is 30.8 Å². The summed E-state index contributed by atoms with van der Waals surface area (Å²) in [6, 6.07) is 7.33. The summed E-state index contributed by atoms with van der Waals surface area (Å²) in [6.07, 6.45) is 1.49. The molecule has 0 radical (unpaired) electrons. The molecule has 2 aromatic heterocycles. The number of hydrogen-bond acceptors (Lipinski definition) is 6. The van der Waals surface area contributed by atoms with Gasteiger partial charge in [0.15, 0.2) is 0 Å². The van der Waals surface area contributed by atoms with Crippen LogP contribution in [-0.2, 0) is 11.8 Å². The van der Waals surface area contributed by atoms with Gasteiger partial charge in [-0.3, -0.25) is 14.5 Å². The molecule has 1 aliphatic heterocycles. The van der Waals surface area contributed by atoms with Crippen molar-refractivity contribution in [2.24, 2.45) is 7.05 Å². The number of carbonyl (C=O) groups excluding carboxylic acids is 1. The van der Waals surface area contributed by atoms with Crippen LogP contribution in [0.3, 0.4) is 0 Å². The fraction of sp³-hybridized carbons (Fsp3) is 0.273. The number of amides is 1. The predicted molar refractivity (Wildman–Crippen MR) is 116 cm³/mol. The van der Waals surface area contributed by atoms with Crippen LogP contribution in [0.15, 0.2) is 36.5 Å². The number of nitrogens with one attached hydrogen (secondary N) is 1. The van der Waals surface area contributed by atoms with Crippen LogP contribution in [0.2, 0.25) is 0 Å². The van der Waals surface area contributed by atoms with Crippen LogP contribution in [0.5, 0.6) is 0 Å². The topological polar surface area (TPSA) is 110 Å². The predicted octanol–water partition coefficient (Wildman–Crippen LogP) is 2.72. The van der Waals surface area contributed by atoms with Crippen molar-refractivity contribution in [3.63, 3.8) is 0 Å². The Morgan fingerprint density at radius 1 is 1.16 bits per heavy atom. The van der Waals surface area contributed by atoms with Crippen molar-refractivity contribution in [2.45, 2.75) is 6.92 Å². The minimum Gasteiger partial charge on any atom is -0.477 e. The molecule has 1 amide bonds. The second kappa shape index (κ2) is 8.75. The number of aromatic carboxylic acids is 1. The highest BCUT2D eigenvalue weighted by atomic mass is 19.1. The lowest BCUT2D eigenvalue weighted by Crippen LogP contribution is -2.36. The van der Waals surface area contributed by atoms with Crippen LogP contribution < -0.4 is 10.2 Å².